The van der Waals surface area contributed by atoms with Crippen LogP contribution in [0.5, 0.6) is 0 Å². The van der Waals surface area contributed by atoms with Crippen LogP contribution in [-0.4, -0.2) is 36.1 Å². The summed E-state index contributed by atoms with van der Waals surface area (Å²) in [5, 5.41) is 14.5. The van der Waals surface area contributed by atoms with Gasteiger partial charge in [0.1, 0.15) is 0 Å². The van der Waals surface area contributed by atoms with E-state index in [0.717, 1.165) is 6.42 Å². The fourth-order valence-corrected chi connectivity index (χ4v) is 1.79. The van der Waals surface area contributed by atoms with Gasteiger partial charge >= 0.3 is 5.97 Å². The summed E-state index contributed by atoms with van der Waals surface area (Å²) in [5.74, 6) is -1.11. The van der Waals surface area contributed by atoms with Crippen LogP contribution in [0.25, 0.3) is 0 Å². The van der Waals surface area contributed by atoms with Crippen molar-refractivity contribution in [3.05, 3.63) is 0 Å². The molecule has 1 fully saturated rings. The lowest BCUT2D eigenvalue weighted by molar-refractivity contribution is -0.141. The first kappa shape index (κ1) is 12.0. The maximum atomic E-state index is 11.5. The van der Waals surface area contributed by atoms with E-state index in [-0.39, 0.29) is 23.9 Å². The van der Waals surface area contributed by atoms with Crippen molar-refractivity contribution in [3.8, 4) is 0 Å². The van der Waals surface area contributed by atoms with Crippen molar-refractivity contribution >= 4 is 11.9 Å². The van der Waals surface area contributed by atoms with Crippen LogP contribution in [0.3, 0.4) is 0 Å². The molecule has 1 unspecified atom stereocenters. The van der Waals surface area contributed by atoms with Crippen LogP contribution in [-0.2, 0) is 9.59 Å². The van der Waals surface area contributed by atoms with Gasteiger partial charge in [-0.3, -0.25) is 9.59 Å². The second kappa shape index (κ2) is 5.11. The number of nitrogens with one attached hydrogen (secondary N) is 2. The summed E-state index contributed by atoms with van der Waals surface area (Å²) in [4.78, 5) is 22.2. The first-order chi connectivity index (χ1) is 7.04. The van der Waals surface area contributed by atoms with Crippen LogP contribution in [0, 0.1) is 5.92 Å². The standard InChI is InChI=1S/C10H18N2O3/c1-6(11-2)9(13)12-8-4-3-7(5-8)10(14)15/h6-8,11H,3-5H2,1-2H3,(H,12,13)(H,14,15)/t6?,7-,8+/m1/s1. The van der Waals surface area contributed by atoms with E-state index in [4.69, 9.17) is 5.11 Å². The normalized spacial score (nSPS) is 27.3. The molecular formula is C10H18N2O3. The summed E-state index contributed by atoms with van der Waals surface area (Å²) in [7, 11) is 1.72. The molecule has 0 radical (unpaired) electrons. The topological polar surface area (TPSA) is 78.4 Å². The quantitative estimate of drug-likeness (QED) is 0.614. The molecule has 0 aromatic heterocycles. The minimum Gasteiger partial charge on any atom is -0.481 e. The van der Waals surface area contributed by atoms with E-state index in [1.165, 1.54) is 0 Å². The van der Waals surface area contributed by atoms with E-state index in [2.05, 4.69) is 10.6 Å². The molecule has 86 valence electrons. The molecule has 3 atom stereocenters. The fraction of sp³-hybridized carbons (Fsp3) is 0.800. The minimum absolute atomic E-state index is 0.0226. The summed E-state index contributed by atoms with van der Waals surface area (Å²) in [6.45, 7) is 1.78. The van der Waals surface area contributed by atoms with Crippen molar-refractivity contribution in [3.63, 3.8) is 0 Å². The van der Waals surface area contributed by atoms with Gasteiger partial charge in [-0.05, 0) is 33.2 Å². The van der Waals surface area contributed by atoms with Crippen LogP contribution in [0.1, 0.15) is 26.2 Å². The average molecular weight is 214 g/mol. The van der Waals surface area contributed by atoms with Gasteiger partial charge in [-0.1, -0.05) is 0 Å². The van der Waals surface area contributed by atoms with E-state index < -0.39 is 5.97 Å². The van der Waals surface area contributed by atoms with Crippen molar-refractivity contribution in [2.75, 3.05) is 7.05 Å². The molecule has 1 amide bonds. The smallest absolute Gasteiger partial charge is 0.306 e. The molecule has 5 heteroatoms. The largest absolute Gasteiger partial charge is 0.481 e. The highest BCUT2D eigenvalue weighted by atomic mass is 16.4. The van der Waals surface area contributed by atoms with Crippen LogP contribution in [0.15, 0.2) is 0 Å². The predicted molar refractivity (Wildman–Crippen MR) is 55.4 cm³/mol. The van der Waals surface area contributed by atoms with Gasteiger partial charge in [0.05, 0.1) is 12.0 Å². The van der Waals surface area contributed by atoms with Gasteiger partial charge < -0.3 is 15.7 Å². The minimum atomic E-state index is -0.756. The van der Waals surface area contributed by atoms with Crippen molar-refractivity contribution in [2.24, 2.45) is 5.92 Å². The lowest BCUT2D eigenvalue weighted by atomic mass is 10.1. The number of aliphatic carboxylic acids is 1. The van der Waals surface area contributed by atoms with E-state index in [0.29, 0.717) is 12.8 Å². The third-order valence-electron chi connectivity index (χ3n) is 2.95. The van der Waals surface area contributed by atoms with E-state index >= 15 is 0 Å². The second-order valence-electron chi connectivity index (χ2n) is 4.06. The third kappa shape index (κ3) is 3.20. The molecule has 3 N–H and O–H groups in total. The van der Waals surface area contributed by atoms with E-state index in [1.54, 1.807) is 14.0 Å². The van der Waals surface area contributed by atoms with Crippen molar-refractivity contribution < 1.29 is 14.7 Å². The van der Waals surface area contributed by atoms with Gasteiger partial charge in [0.25, 0.3) is 0 Å². The number of rotatable bonds is 4. The molecular weight excluding hydrogens is 196 g/mol. The Morgan fingerprint density at radius 1 is 1.40 bits per heavy atom. The SMILES string of the molecule is CNC(C)C(=O)N[C@H]1CC[C@@H](C(=O)O)C1. The van der Waals surface area contributed by atoms with E-state index in [1.807, 2.05) is 0 Å². The first-order valence-electron chi connectivity index (χ1n) is 5.25. The summed E-state index contributed by atoms with van der Waals surface area (Å²) in [6.07, 6.45) is 1.98. The molecule has 1 rings (SSSR count). The van der Waals surface area contributed by atoms with Crippen molar-refractivity contribution in [1.82, 2.24) is 10.6 Å². The molecule has 1 aliphatic rings. The molecule has 0 aromatic rings. The Labute approximate surface area is 89.2 Å². The number of carboxylic acids is 1. The maximum absolute atomic E-state index is 11.5. The molecule has 1 saturated carbocycles. The Morgan fingerprint density at radius 3 is 2.53 bits per heavy atom. The van der Waals surface area contributed by atoms with Crippen LogP contribution >= 0.6 is 0 Å². The maximum Gasteiger partial charge on any atom is 0.306 e. The number of hydrogen-bond acceptors (Lipinski definition) is 3. The van der Waals surface area contributed by atoms with Crippen molar-refractivity contribution in [2.45, 2.75) is 38.3 Å². The number of carbonyl (C=O) groups is 2. The summed E-state index contributed by atoms with van der Waals surface area (Å²) >= 11 is 0. The Morgan fingerprint density at radius 2 is 2.07 bits per heavy atom. The summed E-state index contributed by atoms with van der Waals surface area (Å²) in [6, 6.07) is -0.205. The summed E-state index contributed by atoms with van der Waals surface area (Å²) in [5.41, 5.74) is 0. The Kier molecular flexibility index (Phi) is 4.08. The average Bonchev–Trinajstić information content (AvgIpc) is 2.65. The molecule has 1 aliphatic carbocycles. The van der Waals surface area contributed by atoms with Crippen LogP contribution in [0.4, 0.5) is 0 Å². The second-order valence-corrected chi connectivity index (χ2v) is 4.06. The number of likely N-dealkylation sites (N-methyl/N-ethyl adjacent to an activating group) is 1. The van der Waals surface area contributed by atoms with Gasteiger partial charge in [-0.2, -0.15) is 0 Å². The number of carbonyl (C=O) groups excluding carboxylic acids is 1. The molecule has 0 bridgehead atoms. The lowest BCUT2D eigenvalue weighted by Crippen LogP contribution is -2.44. The highest BCUT2D eigenvalue weighted by Gasteiger charge is 2.30. The van der Waals surface area contributed by atoms with Gasteiger partial charge in [-0.15, -0.1) is 0 Å². The Hall–Kier alpha value is -1.10. The summed E-state index contributed by atoms with van der Waals surface area (Å²) < 4.78 is 0. The number of hydrogen-bond donors (Lipinski definition) is 3. The molecule has 5 nitrogen and oxygen atoms in total. The molecule has 0 aliphatic heterocycles. The van der Waals surface area contributed by atoms with E-state index in [9.17, 15) is 9.59 Å². The van der Waals surface area contributed by atoms with Crippen molar-refractivity contribution in [1.29, 1.82) is 0 Å². The zero-order chi connectivity index (χ0) is 11.4. The Bertz CT molecular complexity index is 255. The van der Waals surface area contributed by atoms with Crippen LogP contribution < -0.4 is 10.6 Å². The predicted octanol–water partition coefficient (Wildman–Crippen LogP) is -0.0362. The first-order valence-corrected chi connectivity index (χ1v) is 5.25. The highest BCUT2D eigenvalue weighted by Crippen LogP contribution is 2.25. The molecule has 15 heavy (non-hydrogen) atoms. The Balaban J connectivity index is 2.36. The molecule has 0 saturated heterocycles. The fourth-order valence-electron chi connectivity index (χ4n) is 1.79. The zero-order valence-corrected chi connectivity index (χ0v) is 9.12. The number of amides is 1. The molecule has 0 aromatic carbocycles. The van der Waals surface area contributed by atoms with Gasteiger partial charge in [0.2, 0.25) is 5.91 Å². The molecule has 0 spiro atoms. The van der Waals surface area contributed by atoms with Gasteiger partial charge in [0, 0.05) is 6.04 Å². The molecule has 0 heterocycles. The lowest BCUT2D eigenvalue weighted by Gasteiger charge is -2.16. The third-order valence-corrected chi connectivity index (χ3v) is 2.95. The van der Waals surface area contributed by atoms with Gasteiger partial charge in [0.15, 0.2) is 0 Å². The number of carboxylic acid groups (broad SMARTS) is 1. The highest BCUT2D eigenvalue weighted by molar-refractivity contribution is 5.81. The van der Waals surface area contributed by atoms with Gasteiger partial charge in [-0.25, -0.2) is 0 Å². The zero-order valence-electron chi connectivity index (χ0n) is 9.12. The van der Waals surface area contributed by atoms with Crippen LogP contribution in [0.2, 0.25) is 0 Å². The monoisotopic (exact) mass is 214 g/mol.